The van der Waals surface area contributed by atoms with Gasteiger partial charge in [0.15, 0.2) is 0 Å². The SMILES string of the molecule is Cc1ccc(C(=O)NC(C)CC(C)Cl)c(C)n1. The number of carbonyl (C=O) groups excluding carboxylic acids is 1. The normalized spacial score (nSPS) is 14.2. The molecule has 0 aromatic carbocycles. The first-order valence-corrected chi connectivity index (χ1v) is 6.23. The summed E-state index contributed by atoms with van der Waals surface area (Å²) in [7, 11) is 0. The minimum Gasteiger partial charge on any atom is -0.349 e. The number of halogens is 1. The number of nitrogens with one attached hydrogen (secondary N) is 1. The van der Waals surface area contributed by atoms with Gasteiger partial charge in [0.1, 0.15) is 0 Å². The van der Waals surface area contributed by atoms with Crippen LogP contribution in [0.5, 0.6) is 0 Å². The summed E-state index contributed by atoms with van der Waals surface area (Å²) < 4.78 is 0. The first-order chi connectivity index (χ1) is 7.90. The number of aryl methyl sites for hydroxylation is 2. The van der Waals surface area contributed by atoms with E-state index in [-0.39, 0.29) is 17.3 Å². The summed E-state index contributed by atoms with van der Waals surface area (Å²) in [6, 6.07) is 3.72. The highest BCUT2D eigenvalue weighted by atomic mass is 35.5. The van der Waals surface area contributed by atoms with E-state index in [1.807, 2.05) is 39.8 Å². The lowest BCUT2D eigenvalue weighted by molar-refractivity contribution is 0.0937. The Balaban J connectivity index is 2.70. The predicted molar refractivity (Wildman–Crippen MR) is 70.6 cm³/mol. The molecular weight excluding hydrogens is 236 g/mol. The lowest BCUT2D eigenvalue weighted by atomic mass is 10.1. The minimum absolute atomic E-state index is 0.0579. The fourth-order valence-electron chi connectivity index (χ4n) is 1.77. The van der Waals surface area contributed by atoms with E-state index in [0.717, 1.165) is 17.8 Å². The lowest BCUT2D eigenvalue weighted by Gasteiger charge is -2.15. The number of aromatic nitrogens is 1. The largest absolute Gasteiger partial charge is 0.349 e. The molecule has 1 heterocycles. The summed E-state index contributed by atoms with van der Waals surface area (Å²) in [6.45, 7) is 7.62. The number of carbonyl (C=O) groups is 1. The summed E-state index contributed by atoms with van der Waals surface area (Å²) in [6.07, 6.45) is 0.756. The number of hydrogen-bond donors (Lipinski definition) is 1. The van der Waals surface area contributed by atoms with Crippen molar-refractivity contribution in [2.45, 2.75) is 45.5 Å². The van der Waals surface area contributed by atoms with Crippen LogP contribution >= 0.6 is 11.6 Å². The monoisotopic (exact) mass is 254 g/mol. The molecule has 0 aliphatic rings. The average Bonchev–Trinajstić information content (AvgIpc) is 2.15. The van der Waals surface area contributed by atoms with E-state index in [4.69, 9.17) is 11.6 Å². The van der Waals surface area contributed by atoms with E-state index in [9.17, 15) is 4.79 Å². The molecule has 17 heavy (non-hydrogen) atoms. The molecular formula is C13H19ClN2O. The molecule has 0 saturated heterocycles. The Labute approximate surface area is 108 Å². The van der Waals surface area contributed by atoms with Gasteiger partial charge in [-0.25, -0.2) is 0 Å². The molecule has 1 N–H and O–H groups in total. The fourth-order valence-corrected chi connectivity index (χ4v) is 2.04. The van der Waals surface area contributed by atoms with Crippen LogP contribution in [0.4, 0.5) is 0 Å². The summed E-state index contributed by atoms with van der Waals surface area (Å²) in [4.78, 5) is 16.3. The van der Waals surface area contributed by atoms with Gasteiger partial charge in [-0.1, -0.05) is 0 Å². The van der Waals surface area contributed by atoms with Gasteiger partial charge in [-0.2, -0.15) is 0 Å². The van der Waals surface area contributed by atoms with Crippen molar-refractivity contribution >= 4 is 17.5 Å². The molecule has 0 saturated carbocycles. The summed E-state index contributed by atoms with van der Waals surface area (Å²) in [5.74, 6) is -0.0835. The van der Waals surface area contributed by atoms with Crippen LogP contribution < -0.4 is 5.32 Å². The highest BCUT2D eigenvalue weighted by Crippen LogP contribution is 2.09. The smallest absolute Gasteiger partial charge is 0.253 e. The molecule has 3 nitrogen and oxygen atoms in total. The molecule has 0 spiro atoms. The molecule has 2 atom stereocenters. The molecule has 0 radical (unpaired) electrons. The van der Waals surface area contributed by atoms with E-state index in [2.05, 4.69) is 10.3 Å². The van der Waals surface area contributed by atoms with Gasteiger partial charge in [-0.05, 0) is 46.2 Å². The van der Waals surface area contributed by atoms with Gasteiger partial charge >= 0.3 is 0 Å². The van der Waals surface area contributed by atoms with Crippen LogP contribution in [-0.2, 0) is 0 Å². The maximum Gasteiger partial charge on any atom is 0.253 e. The van der Waals surface area contributed by atoms with Crippen LogP contribution in [-0.4, -0.2) is 22.3 Å². The van der Waals surface area contributed by atoms with Crippen LogP contribution in [0.15, 0.2) is 12.1 Å². The first-order valence-electron chi connectivity index (χ1n) is 5.79. The van der Waals surface area contributed by atoms with Crippen molar-refractivity contribution in [2.24, 2.45) is 0 Å². The Morgan fingerprint density at radius 1 is 1.41 bits per heavy atom. The summed E-state index contributed by atoms with van der Waals surface area (Å²) in [5, 5.41) is 2.98. The molecule has 0 aliphatic carbocycles. The molecule has 1 amide bonds. The highest BCUT2D eigenvalue weighted by molar-refractivity contribution is 6.20. The van der Waals surface area contributed by atoms with E-state index >= 15 is 0 Å². The first kappa shape index (κ1) is 14.0. The molecule has 1 rings (SSSR count). The molecule has 0 aliphatic heterocycles. The van der Waals surface area contributed by atoms with Gasteiger partial charge in [-0.3, -0.25) is 9.78 Å². The number of pyridine rings is 1. The average molecular weight is 255 g/mol. The molecule has 94 valence electrons. The zero-order valence-electron chi connectivity index (χ0n) is 10.7. The van der Waals surface area contributed by atoms with Gasteiger partial charge in [-0.15, -0.1) is 11.6 Å². The Bertz CT molecular complexity index is 404. The molecule has 0 fully saturated rings. The van der Waals surface area contributed by atoms with Crippen LogP contribution in [0.25, 0.3) is 0 Å². The topological polar surface area (TPSA) is 42.0 Å². The van der Waals surface area contributed by atoms with E-state index < -0.39 is 0 Å². The van der Waals surface area contributed by atoms with Gasteiger partial charge in [0.2, 0.25) is 0 Å². The number of amides is 1. The van der Waals surface area contributed by atoms with E-state index in [1.54, 1.807) is 0 Å². The third kappa shape index (κ3) is 4.35. The van der Waals surface area contributed by atoms with Crippen molar-refractivity contribution in [2.75, 3.05) is 0 Å². The summed E-state index contributed by atoms with van der Waals surface area (Å²) >= 11 is 5.89. The number of rotatable bonds is 4. The van der Waals surface area contributed by atoms with E-state index in [1.165, 1.54) is 0 Å². The van der Waals surface area contributed by atoms with Gasteiger partial charge in [0.25, 0.3) is 5.91 Å². The Kier molecular flexibility index (Phi) is 4.94. The van der Waals surface area contributed by atoms with Gasteiger partial charge in [0.05, 0.1) is 11.3 Å². The van der Waals surface area contributed by atoms with Crippen molar-refractivity contribution in [3.8, 4) is 0 Å². The standard InChI is InChI=1S/C13H19ClN2O/c1-8(14)7-10(3)16-13(17)12-6-5-9(2)15-11(12)4/h5-6,8,10H,7H2,1-4H3,(H,16,17). The minimum atomic E-state index is -0.0835. The second-order valence-corrected chi connectivity index (χ2v) is 5.22. The van der Waals surface area contributed by atoms with Crippen LogP contribution in [0, 0.1) is 13.8 Å². The lowest BCUT2D eigenvalue weighted by Crippen LogP contribution is -2.34. The third-order valence-corrected chi connectivity index (χ3v) is 2.70. The number of alkyl halides is 1. The van der Waals surface area contributed by atoms with Crippen molar-refractivity contribution in [3.05, 3.63) is 29.1 Å². The quantitative estimate of drug-likeness (QED) is 0.840. The van der Waals surface area contributed by atoms with E-state index in [0.29, 0.717) is 5.56 Å². The molecule has 0 bridgehead atoms. The Morgan fingerprint density at radius 3 is 2.59 bits per heavy atom. The van der Waals surface area contributed by atoms with Crippen LogP contribution in [0.1, 0.15) is 42.0 Å². The fraction of sp³-hybridized carbons (Fsp3) is 0.538. The zero-order valence-corrected chi connectivity index (χ0v) is 11.5. The maximum atomic E-state index is 12.0. The zero-order chi connectivity index (χ0) is 13.0. The van der Waals surface area contributed by atoms with Crippen LogP contribution in [0.3, 0.4) is 0 Å². The molecule has 1 aromatic rings. The molecule has 2 unspecified atom stereocenters. The molecule has 1 aromatic heterocycles. The molecule has 4 heteroatoms. The summed E-state index contributed by atoms with van der Waals surface area (Å²) in [5.41, 5.74) is 2.31. The maximum absolute atomic E-state index is 12.0. The van der Waals surface area contributed by atoms with Crippen molar-refractivity contribution in [1.82, 2.24) is 10.3 Å². The second-order valence-electron chi connectivity index (χ2n) is 4.48. The Hall–Kier alpha value is -1.09. The number of nitrogens with zero attached hydrogens (tertiary/aromatic N) is 1. The van der Waals surface area contributed by atoms with Crippen molar-refractivity contribution in [1.29, 1.82) is 0 Å². The van der Waals surface area contributed by atoms with Crippen LogP contribution in [0.2, 0.25) is 0 Å². The predicted octanol–water partition coefficient (Wildman–Crippen LogP) is 2.83. The number of hydrogen-bond acceptors (Lipinski definition) is 2. The Morgan fingerprint density at radius 2 is 2.06 bits per heavy atom. The third-order valence-electron chi connectivity index (χ3n) is 2.53. The highest BCUT2D eigenvalue weighted by Gasteiger charge is 2.14. The van der Waals surface area contributed by atoms with Gasteiger partial charge < -0.3 is 5.32 Å². The van der Waals surface area contributed by atoms with Crippen molar-refractivity contribution in [3.63, 3.8) is 0 Å². The second kappa shape index (κ2) is 6.01. The van der Waals surface area contributed by atoms with Gasteiger partial charge in [0, 0.05) is 17.1 Å². The van der Waals surface area contributed by atoms with Crippen molar-refractivity contribution < 1.29 is 4.79 Å².